The molecule has 0 saturated carbocycles. The Hall–Kier alpha value is -1.62. The van der Waals surface area contributed by atoms with E-state index in [0.717, 1.165) is 18.8 Å². The van der Waals surface area contributed by atoms with Crippen molar-refractivity contribution in [3.8, 4) is 0 Å². The second kappa shape index (κ2) is 6.70. The maximum absolute atomic E-state index is 11.9. The summed E-state index contributed by atoms with van der Waals surface area (Å²) in [5.74, 6) is 0.910. The zero-order valence-electron chi connectivity index (χ0n) is 12.4. The molecule has 5 heteroatoms. The summed E-state index contributed by atoms with van der Waals surface area (Å²) in [6, 6.07) is 4.15. The lowest BCUT2D eigenvalue weighted by molar-refractivity contribution is 0.0827. The van der Waals surface area contributed by atoms with Gasteiger partial charge in [-0.05, 0) is 25.0 Å². The van der Waals surface area contributed by atoms with Crippen LogP contribution in [0.1, 0.15) is 36.0 Å². The summed E-state index contributed by atoms with van der Waals surface area (Å²) in [7, 11) is 3.49. The molecule has 0 aromatic carbocycles. The first-order valence-electron chi connectivity index (χ1n) is 7.28. The number of hydrogen-bond donors (Lipinski definition) is 1. The largest absolute Gasteiger partial charge is 0.352 e. The van der Waals surface area contributed by atoms with E-state index >= 15 is 0 Å². The third-order valence-electron chi connectivity index (χ3n) is 3.84. The van der Waals surface area contributed by atoms with Crippen molar-refractivity contribution >= 4 is 11.7 Å². The van der Waals surface area contributed by atoms with Gasteiger partial charge < -0.3 is 15.5 Å². The Labute approximate surface area is 120 Å². The summed E-state index contributed by atoms with van der Waals surface area (Å²) in [5.41, 5.74) is 6.51. The second-order valence-corrected chi connectivity index (χ2v) is 5.54. The predicted molar refractivity (Wildman–Crippen MR) is 80.9 cm³/mol. The van der Waals surface area contributed by atoms with Crippen LogP contribution in [0.2, 0.25) is 0 Å². The Morgan fingerprint density at radius 1 is 1.40 bits per heavy atom. The van der Waals surface area contributed by atoms with Gasteiger partial charge in [0.1, 0.15) is 5.82 Å². The Morgan fingerprint density at radius 3 is 2.80 bits per heavy atom. The van der Waals surface area contributed by atoms with E-state index in [4.69, 9.17) is 5.73 Å². The van der Waals surface area contributed by atoms with Crippen LogP contribution in [0, 0.1) is 0 Å². The lowest BCUT2D eigenvalue weighted by Crippen LogP contribution is -2.40. The molecule has 2 heterocycles. The molecule has 1 saturated heterocycles. The summed E-state index contributed by atoms with van der Waals surface area (Å²) in [5, 5.41) is 0. The number of nitrogens with two attached hydrogens (primary N) is 1. The number of carbonyl (C=O) groups is 1. The zero-order valence-corrected chi connectivity index (χ0v) is 12.4. The smallest absolute Gasteiger partial charge is 0.254 e. The standard InChI is InChI=1S/C15H24N4O/c1-18(2)15(20)12-7-8-14(17-11-12)19-9-5-3-4-6-13(19)10-16/h7-8,11,13H,3-6,9-10,16H2,1-2H3. The van der Waals surface area contributed by atoms with Gasteiger partial charge in [0.15, 0.2) is 0 Å². The highest BCUT2D eigenvalue weighted by molar-refractivity contribution is 5.93. The summed E-state index contributed by atoms with van der Waals surface area (Å²) in [4.78, 5) is 20.2. The quantitative estimate of drug-likeness (QED) is 0.908. The maximum atomic E-state index is 11.9. The van der Waals surface area contributed by atoms with Gasteiger partial charge in [-0.1, -0.05) is 12.8 Å². The Morgan fingerprint density at radius 2 is 2.20 bits per heavy atom. The van der Waals surface area contributed by atoms with Gasteiger partial charge >= 0.3 is 0 Å². The molecule has 20 heavy (non-hydrogen) atoms. The molecular weight excluding hydrogens is 252 g/mol. The van der Waals surface area contributed by atoms with E-state index in [0.29, 0.717) is 18.2 Å². The Bertz CT molecular complexity index is 444. The van der Waals surface area contributed by atoms with Crippen molar-refractivity contribution < 1.29 is 4.79 Å². The van der Waals surface area contributed by atoms with Crippen molar-refractivity contribution in [2.45, 2.75) is 31.7 Å². The van der Waals surface area contributed by atoms with Gasteiger partial charge in [-0.15, -0.1) is 0 Å². The molecule has 2 N–H and O–H groups in total. The van der Waals surface area contributed by atoms with Gasteiger partial charge in [0.05, 0.1) is 5.56 Å². The molecule has 1 amide bonds. The van der Waals surface area contributed by atoms with Crippen LogP contribution in [0.15, 0.2) is 18.3 Å². The molecule has 0 aliphatic carbocycles. The van der Waals surface area contributed by atoms with Crippen molar-refractivity contribution in [1.82, 2.24) is 9.88 Å². The summed E-state index contributed by atoms with van der Waals surface area (Å²) >= 11 is 0. The van der Waals surface area contributed by atoms with Gasteiger partial charge in [0.25, 0.3) is 5.91 Å². The molecule has 2 rings (SSSR count). The number of anilines is 1. The van der Waals surface area contributed by atoms with Gasteiger partial charge in [0, 0.05) is 39.4 Å². The fraction of sp³-hybridized carbons (Fsp3) is 0.600. The average molecular weight is 276 g/mol. The summed E-state index contributed by atoms with van der Waals surface area (Å²) in [6.07, 6.45) is 6.45. The van der Waals surface area contributed by atoms with Crippen LogP contribution < -0.4 is 10.6 Å². The lowest BCUT2D eigenvalue weighted by atomic mass is 10.1. The third-order valence-corrected chi connectivity index (χ3v) is 3.84. The van der Waals surface area contributed by atoms with Crippen LogP contribution in [-0.2, 0) is 0 Å². The fourth-order valence-corrected chi connectivity index (χ4v) is 2.66. The van der Waals surface area contributed by atoms with Gasteiger partial charge in [-0.3, -0.25) is 4.79 Å². The highest BCUT2D eigenvalue weighted by Crippen LogP contribution is 2.22. The monoisotopic (exact) mass is 276 g/mol. The molecular formula is C15H24N4O. The molecule has 1 atom stereocenters. The maximum Gasteiger partial charge on any atom is 0.254 e. The lowest BCUT2D eigenvalue weighted by Gasteiger charge is -2.30. The molecule has 1 aromatic rings. The molecule has 0 bridgehead atoms. The van der Waals surface area contributed by atoms with Crippen molar-refractivity contribution in [3.05, 3.63) is 23.9 Å². The van der Waals surface area contributed by atoms with Gasteiger partial charge in [-0.2, -0.15) is 0 Å². The van der Waals surface area contributed by atoms with Crippen molar-refractivity contribution in [2.24, 2.45) is 5.73 Å². The number of carbonyl (C=O) groups excluding carboxylic acids is 1. The number of pyridine rings is 1. The number of aromatic nitrogens is 1. The van der Waals surface area contributed by atoms with E-state index < -0.39 is 0 Å². The van der Waals surface area contributed by atoms with Crippen LogP contribution >= 0.6 is 0 Å². The Kier molecular flexibility index (Phi) is 4.95. The van der Waals surface area contributed by atoms with E-state index in [1.54, 1.807) is 25.2 Å². The molecule has 110 valence electrons. The van der Waals surface area contributed by atoms with E-state index in [2.05, 4.69) is 9.88 Å². The molecule has 0 spiro atoms. The highest BCUT2D eigenvalue weighted by Gasteiger charge is 2.21. The highest BCUT2D eigenvalue weighted by atomic mass is 16.2. The van der Waals surface area contributed by atoms with Crippen LogP contribution in [0.25, 0.3) is 0 Å². The van der Waals surface area contributed by atoms with Crippen molar-refractivity contribution in [1.29, 1.82) is 0 Å². The normalized spacial score (nSPS) is 19.6. The first-order valence-corrected chi connectivity index (χ1v) is 7.28. The van der Waals surface area contributed by atoms with E-state index in [-0.39, 0.29) is 5.91 Å². The first kappa shape index (κ1) is 14.8. The minimum atomic E-state index is -0.0182. The topological polar surface area (TPSA) is 62.5 Å². The minimum Gasteiger partial charge on any atom is -0.352 e. The number of nitrogens with zero attached hydrogens (tertiary/aromatic N) is 3. The molecule has 1 unspecified atom stereocenters. The van der Waals surface area contributed by atoms with Crippen LogP contribution in [0.4, 0.5) is 5.82 Å². The van der Waals surface area contributed by atoms with Crippen LogP contribution in [0.5, 0.6) is 0 Å². The molecule has 1 aromatic heterocycles. The third kappa shape index (κ3) is 3.28. The van der Waals surface area contributed by atoms with Crippen LogP contribution in [0.3, 0.4) is 0 Å². The van der Waals surface area contributed by atoms with Crippen molar-refractivity contribution in [3.63, 3.8) is 0 Å². The van der Waals surface area contributed by atoms with Crippen molar-refractivity contribution in [2.75, 3.05) is 32.1 Å². The number of rotatable bonds is 3. The van der Waals surface area contributed by atoms with E-state index in [1.807, 2.05) is 12.1 Å². The average Bonchev–Trinajstić information content (AvgIpc) is 2.71. The molecule has 5 nitrogen and oxygen atoms in total. The number of amides is 1. The second-order valence-electron chi connectivity index (χ2n) is 5.54. The number of hydrogen-bond acceptors (Lipinski definition) is 4. The fourth-order valence-electron chi connectivity index (χ4n) is 2.66. The predicted octanol–water partition coefficient (Wildman–Crippen LogP) is 1.49. The van der Waals surface area contributed by atoms with E-state index in [1.165, 1.54) is 19.3 Å². The minimum absolute atomic E-state index is 0.0182. The van der Waals surface area contributed by atoms with Crippen LogP contribution in [-0.4, -0.2) is 49.0 Å². The summed E-state index contributed by atoms with van der Waals surface area (Å²) < 4.78 is 0. The molecule has 1 fully saturated rings. The zero-order chi connectivity index (χ0) is 14.5. The Balaban J connectivity index is 2.17. The SMILES string of the molecule is CN(C)C(=O)c1ccc(N2CCCCCC2CN)nc1. The molecule has 1 aliphatic rings. The summed E-state index contributed by atoms with van der Waals surface area (Å²) in [6.45, 7) is 1.65. The molecule has 0 radical (unpaired) electrons. The molecule has 1 aliphatic heterocycles. The van der Waals surface area contributed by atoms with Gasteiger partial charge in [-0.25, -0.2) is 4.98 Å². The van der Waals surface area contributed by atoms with Gasteiger partial charge in [0.2, 0.25) is 0 Å². The van der Waals surface area contributed by atoms with E-state index in [9.17, 15) is 4.79 Å². The first-order chi connectivity index (χ1) is 9.63.